The van der Waals surface area contributed by atoms with Gasteiger partial charge in [0.2, 0.25) is 0 Å². The van der Waals surface area contributed by atoms with Gasteiger partial charge in [0.1, 0.15) is 5.82 Å². The fraction of sp³-hybridized carbons (Fsp3) is 0.222. The molecule has 1 aromatic rings. The minimum Gasteiger partial charge on any atom is -0.370 e. The second-order valence-corrected chi connectivity index (χ2v) is 3.31. The molecule has 5 heteroatoms. The van der Waals surface area contributed by atoms with Crippen LogP contribution in [0.1, 0.15) is 18.5 Å². The summed E-state index contributed by atoms with van der Waals surface area (Å²) in [5.74, 6) is -0.453. The van der Waals surface area contributed by atoms with E-state index in [2.05, 4.69) is 4.99 Å². The molecule has 76 valence electrons. The van der Waals surface area contributed by atoms with Crippen molar-refractivity contribution in [1.29, 1.82) is 0 Å². The molecule has 0 amide bonds. The first-order valence-electron chi connectivity index (χ1n) is 4.04. The SMILES string of the molecule is CC(N=C(N)N)c1ccc(F)c(Cl)c1. The lowest BCUT2D eigenvalue weighted by atomic mass is 10.1. The van der Waals surface area contributed by atoms with Crippen molar-refractivity contribution in [2.45, 2.75) is 13.0 Å². The standard InChI is InChI=1S/C9H11ClFN3/c1-5(14-9(12)13)6-2-3-8(11)7(10)4-6/h2-5H,1H3,(H4,12,13,14). The number of hydrogen-bond acceptors (Lipinski definition) is 1. The number of nitrogens with two attached hydrogens (primary N) is 2. The second-order valence-electron chi connectivity index (χ2n) is 2.90. The summed E-state index contributed by atoms with van der Waals surface area (Å²) in [7, 11) is 0. The lowest BCUT2D eigenvalue weighted by Gasteiger charge is -2.07. The van der Waals surface area contributed by atoms with Crippen LogP contribution >= 0.6 is 11.6 Å². The van der Waals surface area contributed by atoms with E-state index in [9.17, 15) is 4.39 Å². The van der Waals surface area contributed by atoms with E-state index in [1.165, 1.54) is 12.1 Å². The second kappa shape index (κ2) is 4.28. The Bertz CT molecular complexity index is 361. The monoisotopic (exact) mass is 215 g/mol. The smallest absolute Gasteiger partial charge is 0.186 e. The molecule has 1 atom stereocenters. The molecule has 0 bridgehead atoms. The summed E-state index contributed by atoms with van der Waals surface area (Å²) >= 11 is 5.61. The molecule has 0 saturated carbocycles. The zero-order valence-corrected chi connectivity index (χ0v) is 8.42. The molecule has 4 N–H and O–H groups in total. The van der Waals surface area contributed by atoms with E-state index < -0.39 is 5.82 Å². The van der Waals surface area contributed by atoms with Crippen molar-refractivity contribution in [2.75, 3.05) is 0 Å². The van der Waals surface area contributed by atoms with E-state index >= 15 is 0 Å². The Balaban J connectivity index is 2.97. The molecular formula is C9H11ClFN3. The van der Waals surface area contributed by atoms with Crippen LogP contribution < -0.4 is 11.5 Å². The third-order valence-electron chi connectivity index (χ3n) is 1.77. The van der Waals surface area contributed by atoms with Gasteiger partial charge in [0.25, 0.3) is 0 Å². The molecule has 0 heterocycles. The predicted molar refractivity (Wildman–Crippen MR) is 55.6 cm³/mol. The summed E-state index contributed by atoms with van der Waals surface area (Å²) in [6.45, 7) is 1.79. The quantitative estimate of drug-likeness (QED) is 0.584. The van der Waals surface area contributed by atoms with Gasteiger partial charge >= 0.3 is 0 Å². The largest absolute Gasteiger partial charge is 0.370 e. The van der Waals surface area contributed by atoms with Gasteiger partial charge in [-0.05, 0) is 24.6 Å². The van der Waals surface area contributed by atoms with Crippen LogP contribution in [0.3, 0.4) is 0 Å². The Morgan fingerprint density at radius 1 is 1.50 bits per heavy atom. The molecule has 0 radical (unpaired) electrons. The summed E-state index contributed by atoms with van der Waals surface area (Å²) in [4.78, 5) is 3.91. The van der Waals surface area contributed by atoms with Gasteiger partial charge in [0, 0.05) is 0 Å². The van der Waals surface area contributed by atoms with Gasteiger partial charge in [0.05, 0.1) is 11.1 Å². The molecule has 1 unspecified atom stereocenters. The first-order valence-corrected chi connectivity index (χ1v) is 4.42. The summed E-state index contributed by atoms with van der Waals surface area (Å²) < 4.78 is 12.8. The van der Waals surface area contributed by atoms with E-state index in [0.29, 0.717) is 0 Å². The number of guanidine groups is 1. The predicted octanol–water partition coefficient (Wildman–Crippen LogP) is 1.81. The maximum absolute atomic E-state index is 12.8. The first-order chi connectivity index (χ1) is 6.50. The maximum Gasteiger partial charge on any atom is 0.186 e. The molecule has 0 saturated heterocycles. The van der Waals surface area contributed by atoms with Crippen LogP contribution in [0.25, 0.3) is 0 Å². The number of aliphatic imine (C=N–C) groups is 1. The average Bonchev–Trinajstić information content (AvgIpc) is 2.08. The van der Waals surface area contributed by atoms with Gasteiger partial charge in [-0.2, -0.15) is 0 Å². The van der Waals surface area contributed by atoms with Crippen molar-refractivity contribution < 1.29 is 4.39 Å². The molecule has 0 aliphatic rings. The van der Waals surface area contributed by atoms with Crippen LogP contribution in [-0.4, -0.2) is 5.96 Å². The Labute approximate surface area is 86.6 Å². The molecule has 0 fully saturated rings. The summed E-state index contributed by atoms with van der Waals surface area (Å²) in [5, 5.41) is 0.0696. The fourth-order valence-electron chi connectivity index (χ4n) is 1.07. The number of nitrogens with zero attached hydrogens (tertiary/aromatic N) is 1. The molecule has 0 spiro atoms. The zero-order valence-electron chi connectivity index (χ0n) is 7.67. The third-order valence-corrected chi connectivity index (χ3v) is 2.06. The molecule has 1 aromatic carbocycles. The van der Waals surface area contributed by atoms with Crippen molar-refractivity contribution in [3.05, 3.63) is 34.6 Å². The number of hydrogen-bond donors (Lipinski definition) is 2. The van der Waals surface area contributed by atoms with Crippen LogP contribution in [0.4, 0.5) is 4.39 Å². The third kappa shape index (κ3) is 2.60. The van der Waals surface area contributed by atoms with Crippen molar-refractivity contribution in [3.63, 3.8) is 0 Å². The fourth-order valence-corrected chi connectivity index (χ4v) is 1.26. The van der Waals surface area contributed by atoms with Crippen molar-refractivity contribution in [3.8, 4) is 0 Å². The van der Waals surface area contributed by atoms with E-state index in [1.807, 2.05) is 0 Å². The molecule has 0 aromatic heterocycles. The highest BCUT2D eigenvalue weighted by Gasteiger charge is 2.06. The normalized spacial score (nSPS) is 12.2. The van der Waals surface area contributed by atoms with E-state index in [4.69, 9.17) is 23.1 Å². The van der Waals surface area contributed by atoms with Crippen molar-refractivity contribution in [1.82, 2.24) is 0 Å². The van der Waals surface area contributed by atoms with Crippen LogP contribution in [-0.2, 0) is 0 Å². The number of benzene rings is 1. The molecule has 3 nitrogen and oxygen atoms in total. The van der Waals surface area contributed by atoms with Crippen LogP contribution in [0.15, 0.2) is 23.2 Å². The molecule has 1 rings (SSSR count). The van der Waals surface area contributed by atoms with Gasteiger partial charge in [0.15, 0.2) is 5.96 Å². The highest BCUT2D eigenvalue weighted by molar-refractivity contribution is 6.30. The van der Waals surface area contributed by atoms with Gasteiger partial charge in [-0.3, -0.25) is 0 Å². The number of rotatable bonds is 2. The van der Waals surface area contributed by atoms with Crippen LogP contribution in [0, 0.1) is 5.82 Å². The molecule has 0 aliphatic carbocycles. The number of halogens is 2. The highest BCUT2D eigenvalue weighted by Crippen LogP contribution is 2.22. The summed E-state index contributed by atoms with van der Waals surface area (Å²) in [6, 6.07) is 4.17. The minimum atomic E-state index is -0.452. The highest BCUT2D eigenvalue weighted by atomic mass is 35.5. The Morgan fingerprint density at radius 3 is 2.64 bits per heavy atom. The average molecular weight is 216 g/mol. The van der Waals surface area contributed by atoms with E-state index in [1.54, 1.807) is 13.0 Å². The van der Waals surface area contributed by atoms with E-state index in [0.717, 1.165) is 5.56 Å². The van der Waals surface area contributed by atoms with Crippen LogP contribution in [0.2, 0.25) is 5.02 Å². The molecule has 0 aliphatic heterocycles. The van der Waals surface area contributed by atoms with Crippen molar-refractivity contribution >= 4 is 17.6 Å². The van der Waals surface area contributed by atoms with Crippen LogP contribution in [0.5, 0.6) is 0 Å². The van der Waals surface area contributed by atoms with Gasteiger partial charge in [-0.15, -0.1) is 0 Å². The lowest BCUT2D eigenvalue weighted by Crippen LogP contribution is -2.23. The van der Waals surface area contributed by atoms with Gasteiger partial charge in [-0.1, -0.05) is 17.7 Å². The summed E-state index contributed by atoms with van der Waals surface area (Å²) in [6.07, 6.45) is 0. The van der Waals surface area contributed by atoms with Gasteiger partial charge < -0.3 is 11.5 Å². The molecular weight excluding hydrogens is 205 g/mol. The Kier molecular flexibility index (Phi) is 3.30. The van der Waals surface area contributed by atoms with E-state index in [-0.39, 0.29) is 17.0 Å². The topological polar surface area (TPSA) is 64.4 Å². The Morgan fingerprint density at radius 2 is 2.14 bits per heavy atom. The first kappa shape index (κ1) is 10.8. The summed E-state index contributed by atoms with van der Waals surface area (Å²) in [5.41, 5.74) is 11.2. The maximum atomic E-state index is 12.8. The minimum absolute atomic E-state index is 0.00190. The van der Waals surface area contributed by atoms with Crippen molar-refractivity contribution in [2.24, 2.45) is 16.5 Å². The van der Waals surface area contributed by atoms with Gasteiger partial charge in [-0.25, -0.2) is 9.38 Å². The molecule has 14 heavy (non-hydrogen) atoms. The lowest BCUT2D eigenvalue weighted by molar-refractivity contribution is 0.626. The zero-order chi connectivity index (χ0) is 10.7. The Hall–Kier alpha value is -1.29.